The van der Waals surface area contributed by atoms with E-state index in [4.69, 9.17) is 9.47 Å². The highest BCUT2D eigenvalue weighted by Gasteiger charge is 2.22. The molecule has 4 nitrogen and oxygen atoms in total. The number of hydrogen-bond donors (Lipinski definition) is 0. The molecule has 1 aliphatic rings. The summed E-state index contributed by atoms with van der Waals surface area (Å²) in [5, 5.41) is 0. The lowest BCUT2D eigenvalue weighted by molar-refractivity contribution is -0.175. The fourth-order valence-electron chi connectivity index (χ4n) is 1.42. The summed E-state index contributed by atoms with van der Waals surface area (Å²) in [6, 6.07) is 0. The van der Waals surface area contributed by atoms with Crippen molar-refractivity contribution >= 4 is 12.4 Å². The molecule has 1 heterocycles. The second-order valence-electron chi connectivity index (χ2n) is 3.76. The van der Waals surface area contributed by atoms with Gasteiger partial charge in [-0.25, -0.2) is 0 Å². The summed E-state index contributed by atoms with van der Waals surface area (Å²) < 4.78 is 11.4. The summed E-state index contributed by atoms with van der Waals surface area (Å²) >= 11 is 0. The molecular weight excluding hydrogens is 192 g/mol. The second-order valence-corrected chi connectivity index (χ2v) is 3.76. The summed E-state index contributed by atoms with van der Waals surface area (Å²) in [6.45, 7) is 10.7. The lowest BCUT2D eigenvalue weighted by Gasteiger charge is -2.28. The third-order valence-electron chi connectivity index (χ3n) is 2.57. The zero-order valence-corrected chi connectivity index (χ0v) is 9.77. The van der Waals surface area contributed by atoms with Gasteiger partial charge in [-0.1, -0.05) is 6.92 Å². The lowest BCUT2D eigenvalue weighted by Crippen LogP contribution is -2.37. The van der Waals surface area contributed by atoms with E-state index >= 15 is 0 Å². The maximum Gasteiger partial charge on any atom is 0.178 e. The zero-order chi connectivity index (χ0) is 11.3. The van der Waals surface area contributed by atoms with Crippen molar-refractivity contribution in [3.8, 4) is 0 Å². The van der Waals surface area contributed by atoms with E-state index in [0.29, 0.717) is 13.1 Å². The molecule has 0 saturated carbocycles. The minimum atomic E-state index is -0.226. The molecule has 0 aromatic carbocycles. The predicted octanol–water partition coefficient (Wildman–Crippen LogP) is 1.69. The SMILES string of the molecule is C=NCC(CC)OC1CN=C(C)C(C)O1. The first-order valence-corrected chi connectivity index (χ1v) is 5.41. The normalized spacial score (nSPS) is 28.3. The van der Waals surface area contributed by atoms with Crippen molar-refractivity contribution in [1.29, 1.82) is 0 Å². The van der Waals surface area contributed by atoms with Gasteiger partial charge in [0.2, 0.25) is 0 Å². The molecule has 0 radical (unpaired) electrons. The van der Waals surface area contributed by atoms with Crippen LogP contribution in [0.15, 0.2) is 9.98 Å². The van der Waals surface area contributed by atoms with Crippen LogP contribution >= 0.6 is 0 Å². The van der Waals surface area contributed by atoms with E-state index in [1.165, 1.54) is 0 Å². The number of nitrogens with zero attached hydrogens (tertiary/aromatic N) is 2. The first kappa shape index (κ1) is 12.3. The van der Waals surface area contributed by atoms with Crippen LogP contribution in [0, 0.1) is 0 Å². The molecule has 1 rings (SSSR count). The molecule has 0 saturated heterocycles. The molecule has 0 spiro atoms. The van der Waals surface area contributed by atoms with Crippen LogP contribution in [0.2, 0.25) is 0 Å². The van der Waals surface area contributed by atoms with Crippen LogP contribution in [0.4, 0.5) is 0 Å². The van der Waals surface area contributed by atoms with Gasteiger partial charge in [0.15, 0.2) is 6.29 Å². The van der Waals surface area contributed by atoms with Crippen LogP contribution < -0.4 is 0 Å². The van der Waals surface area contributed by atoms with Crippen molar-refractivity contribution in [2.75, 3.05) is 13.1 Å². The van der Waals surface area contributed by atoms with E-state index in [0.717, 1.165) is 12.1 Å². The molecule has 0 amide bonds. The van der Waals surface area contributed by atoms with Crippen LogP contribution in [-0.2, 0) is 9.47 Å². The van der Waals surface area contributed by atoms with Crippen molar-refractivity contribution < 1.29 is 9.47 Å². The van der Waals surface area contributed by atoms with Crippen LogP contribution in [-0.4, -0.2) is 44.0 Å². The van der Waals surface area contributed by atoms with Crippen LogP contribution in [0.1, 0.15) is 27.2 Å². The topological polar surface area (TPSA) is 43.2 Å². The monoisotopic (exact) mass is 212 g/mol. The molecule has 15 heavy (non-hydrogen) atoms. The smallest absolute Gasteiger partial charge is 0.178 e. The zero-order valence-electron chi connectivity index (χ0n) is 9.77. The molecule has 0 aromatic heterocycles. The number of ether oxygens (including phenoxy) is 2. The number of aliphatic imine (C=N–C) groups is 2. The van der Waals surface area contributed by atoms with Gasteiger partial charge in [-0.2, -0.15) is 0 Å². The molecular formula is C11H20N2O2. The minimum absolute atomic E-state index is 0.0537. The van der Waals surface area contributed by atoms with Gasteiger partial charge in [0.1, 0.15) is 0 Å². The van der Waals surface area contributed by atoms with E-state index < -0.39 is 0 Å². The van der Waals surface area contributed by atoms with Gasteiger partial charge in [0, 0.05) is 5.71 Å². The van der Waals surface area contributed by atoms with Crippen LogP contribution in [0.25, 0.3) is 0 Å². The fraction of sp³-hybridized carbons (Fsp3) is 0.818. The largest absolute Gasteiger partial charge is 0.345 e. The molecule has 0 bridgehead atoms. The Hall–Kier alpha value is -0.740. The Morgan fingerprint density at radius 2 is 2.47 bits per heavy atom. The van der Waals surface area contributed by atoms with Crippen molar-refractivity contribution in [3.63, 3.8) is 0 Å². The Balaban J connectivity index is 2.42. The third-order valence-corrected chi connectivity index (χ3v) is 2.57. The second kappa shape index (κ2) is 5.98. The first-order valence-electron chi connectivity index (χ1n) is 5.41. The van der Waals surface area contributed by atoms with E-state index in [1.54, 1.807) is 0 Å². The van der Waals surface area contributed by atoms with Gasteiger partial charge in [-0.3, -0.25) is 9.98 Å². The summed E-state index contributed by atoms with van der Waals surface area (Å²) in [5.41, 5.74) is 1.03. The quantitative estimate of drug-likeness (QED) is 0.651. The van der Waals surface area contributed by atoms with Gasteiger partial charge in [0.05, 0.1) is 25.3 Å². The predicted molar refractivity (Wildman–Crippen MR) is 61.9 cm³/mol. The summed E-state index contributed by atoms with van der Waals surface area (Å²) in [4.78, 5) is 8.20. The standard InChI is InChI=1S/C11H20N2O2/c1-5-10(6-12-4)15-11-7-13-8(2)9(3)14-11/h9-11H,4-7H2,1-3H3. The average Bonchev–Trinajstić information content (AvgIpc) is 2.23. The summed E-state index contributed by atoms with van der Waals surface area (Å²) in [5.74, 6) is 0. The van der Waals surface area contributed by atoms with Gasteiger partial charge in [0.25, 0.3) is 0 Å². The van der Waals surface area contributed by atoms with Crippen molar-refractivity contribution in [2.24, 2.45) is 9.98 Å². The Bertz CT molecular complexity index is 241. The Morgan fingerprint density at radius 1 is 1.73 bits per heavy atom. The van der Waals surface area contributed by atoms with E-state index in [-0.39, 0.29) is 18.5 Å². The van der Waals surface area contributed by atoms with Gasteiger partial charge >= 0.3 is 0 Å². The molecule has 3 unspecified atom stereocenters. The maximum atomic E-state index is 5.74. The van der Waals surface area contributed by atoms with Gasteiger partial charge in [-0.05, 0) is 27.0 Å². The fourth-order valence-corrected chi connectivity index (χ4v) is 1.42. The lowest BCUT2D eigenvalue weighted by atomic mass is 10.2. The van der Waals surface area contributed by atoms with E-state index in [2.05, 4.69) is 23.6 Å². The minimum Gasteiger partial charge on any atom is -0.345 e. The summed E-state index contributed by atoms with van der Waals surface area (Å²) in [6.07, 6.45) is 0.831. The Kier molecular flexibility index (Phi) is 4.91. The number of rotatable bonds is 5. The third kappa shape index (κ3) is 3.72. The van der Waals surface area contributed by atoms with Crippen molar-refractivity contribution in [2.45, 2.75) is 45.7 Å². The maximum absolute atomic E-state index is 5.74. The van der Waals surface area contributed by atoms with E-state index in [1.807, 2.05) is 13.8 Å². The molecule has 1 aliphatic heterocycles. The van der Waals surface area contributed by atoms with Crippen molar-refractivity contribution in [3.05, 3.63) is 0 Å². The van der Waals surface area contributed by atoms with Crippen LogP contribution in [0.3, 0.4) is 0 Å². The Morgan fingerprint density at radius 3 is 3.00 bits per heavy atom. The average molecular weight is 212 g/mol. The van der Waals surface area contributed by atoms with Crippen LogP contribution in [0.5, 0.6) is 0 Å². The molecule has 0 aromatic rings. The highest BCUT2D eigenvalue weighted by molar-refractivity contribution is 5.86. The highest BCUT2D eigenvalue weighted by atomic mass is 16.7. The van der Waals surface area contributed by atoms with E-state index in [9.17, 15) is 0 Å². The molecule has 0 aliphatic carbocycles. The van der Waals surface area contributed by atoms with Gasteiger partial charge < -0.3 is 9.47 Å². The molecule has 4 heteroatoms. The number of hydrogen-bond acceptors (Lipinski definition) is 4. The Labute approximate surface area is 91.4 Å². The summed E-state index contributed by atoms with van der Waals surface area (Å²) in [7, 11) is 0. The highest BCUT2D eigenvalue weighted by Crippen LogP contribution is 2.13. The molecule has 0 fully saturated rings. The first-order chi connectivity index (χ1) is 7.17. The van der Waals surface area contributed by atoms with Crippen molar-refractivity contribution in [1.82, 2.24) is 0 Å². The molecule has 3 atom stereocenters. The molecule has 0 N–H and O–H groups in total. The molecule has 86 valence electrons. The van der Waals surface area contributed by atoms with Gasteiger partial charge in [-0.15, -0.1) is 0 Å².